The highest BCUT2D eigenvalue weighted by Crippen LogP contribution is 2.06. The zero-order chi connectivity index (χ0) is 17.4. The van der Waals surface area contributed by atoms with Crippen LogP contribution >= 0.6 is 0 Å². The summed E-state index contributed by atoms with van der Waals surface area (Å²) in [5.41, 5.74) is 4.05. The minimum Gasteiger partial charge on any atom is -0.465 e. The third kappa shape index (κ3) is 5.12. The lowest BCUT2D eigenvalue weighted by atomic mass is 10.1. The number of aryl methyl sites for hydroxylation is 1. The van der Waals surface area contributed by atoms with Gasteiger partial charge in [-0.15, -0.1) is 0 Å². The van der Waals surface area contributed by atoms with Crippen molar-refractivity contribution in [2.45, 2.75) is 20.0 Å². The molecule has 0 aliphatic carbocycles. The van der Waals surface area contributed by atoms with Gasteiger partial charge in [0.1, 0.15) is 0 Å². The Hall–Kier alpha value is -2.82. The van der Waals surface area contributed by atoms with Gasteiger partial charge in [0.25, 0.3) is 0 Å². The van der Waals surface area contributed by atoms with E-state index in [4.69, 9.17) is 4.74 Å². The number of esters is 1. The fourth-order valence-corrected chi connectivity index (χ4v) is 2.29. The maximum Gasteiger partial charge on any atom is 0.337 e. The van der Waals surface area contributed by atoms with Gasteiger partial charge in [-0.05, 0) is 30.2 Å². The number of hydrogen-bond donors (Lipinski definition) is 2. The van der Waals surface area contributed by atoms with Crippen LogP contribution in [0.4, 0.5) is 0 Å². The molecule has 2 aromatic rings. The lowest BCUT2D eigenvalue weighted by molar-refractivity contribution is 0.0600. The fraction of sp³-hybridized carbons (Fsp3) is 0.263. The van der Waals surface area contributed by atoms with Crippen molar-refractivity contribution in [2.75, 3.05) is 14.2 Å². The lowest BCUT2D eigenvalue weighted by Gasteiger charge is -2.12. The van der Waals surface area contributed by atoms with Crippen LogP contribution in [0, 0.1) is 6.92 Å². The van der Waals surface area contributed by atoms with Crippen molar-refractivity contribution >= 4 is 11.9 Å². The predicted octanol–water partition coefficient (Wildman–Crippen LogP) is 2.65. The van der Waals surface area contributed by atoms with E-state index in [2.05, 4.69) is 40.7 Å². The number of aliphatic imine (C=N–C) groups is 1. The molecule has 0 unspecified atom stereocenters. The Kier molecular flexibility index (Phi) is 6.37. The Balaban J connectivity index is 1.86. The number of hydrogen-bond acceptors (Lipinski definition) is 3. The Morgan fingerprint density at radius 1 is 1.04 bits per heavy atom. The smallest absolute Gasteiger partial charge is 0.337 e. The van der Waals surface area contributed by atoms with Gasteiger partial charge >= 0.3 is 5.97 Å². The molecule has 5 heteroatoms. The van der Waals surface area contributed by atoms with Crippen LogP contribution in [0.1, 0.15) is 27.0 Å². The SMILES string of the molecule is CN=C(NCc1ccc(C(=O)OC)cc1)NCc1cccc(C)c1. The van der Waals surface area contributed by atoms with Crippen molar-refractivity contribution < 1.29 is 9.53 Å². The van der Waals surface area contributed by atoms with E-state index in [1.807, 2.05) is 18.2 Å². The molecule has 0 atom stereocenters. The molecule has 2 N–H and O–H groups in total. The van der Waals surface area contributed by atoms with Crippen molar-refractivity contribution in [1.29, 1.82) is 0 Å². The highest BCUT2D eigenvalue weighted by atomic mass is 16.5. The van der Waals surface area contributed by atoms with Gasteiger partial charge in [-0.1, -0.05) is 42.0 Å². The van der Waals surface area contributed by atoms with Crippen LogP contribution < -0.4 is 10.6 Å². The first-order valence-corrected chi connectivity index (χ1v) is 7.79. The van der Waals surface area contributed by atoms with Gasteiger partial charge in [-0.3, -0.25) is 4.99 Å². The van der Waals surface area contributed by atoms with Crippen molar-refractivity contribution in [3.8, 4) is 0 Å². The van der Waals surface area contributed by atoms with Gasteiger partial charge in [0.15, 0.2) is 5.96 Å². The molecule has 2 aromatic carbocycles. The standard InChI is InChI=1S/C19H23N3O2/c1-14-5-4-6-16(11-14)13-22-19(20-2)21-12-15-7-9-17(10-8-15)18(23)24-3/h4-11H,12-13H2,1-3H3,(H2,20,21,22). The summed E-state index contributed by atoms with van der Waals surface area (Å²) in [6, 6.07) is 15.7. The molecular weight excluding hydrogens is 302 g/mol. The van der Waals surface area contributed by atoms with E-state index in [0.717, 1.165) is 11.5 Å². The average Bonchev–Trinajstić information content (AvgIpc) is 2.61. The maximum atomic E-state index is 11.4. The summed E-state index contributed by atoms with van der Waals surface area (Å²) >= 11 is 0. The van der Waals surface area contributed by atoms with Gasteiger partial charge in [0.2, 0.25) is 0 Å². The van der Waals surface area contributed by atoms with E-state index in [1.165, 1.54) is 18.2 Å². The molecule has 0 radical (unpaired) electrons. The first-order chi connectivity index (χ1) is 11.6. The van der Waals surface area contributed by atoms with Crippen LogP contribution in [-0.4, -0.2) is 26.1 Å². The minimum atomic E-state index is -0.329. The average molecular weight is 325 g/mol. The van der Waals surface area contributed by atoms with Gasteiger partial charge in [-0.25, -0.2) is 4.79 Å². The maximum absolute atomic E-state index is 11.4. The molecule has 0 saturated carbocycles. The number of carbonyl (C=O) groups is 1. The van der Waals surface area contributed by atoms with Crippen LogP contribution in [0.5, 0.6) is 0 Å². The number of nitrogens with one attached hydrogen (secondary N) is 2. The number of methoxy groups -OCH3 is 1. The first-order valence-electron chi connectivity index (χ1n) is 7.79. The number of benzene rings is 2. The molecule has 0 spiro atoms. The second kappa shape index (κ2) is 8.72. The van der Waals surface area contributed by atoms with Gasteiger partial charge < -0.3 is 15.4 Å². The second-order valence-electron chi connectivity index (χ2n) is 5.46. The number of carbonyl (C=O) groups excluding carboxylic acids is 1. The van der Waals surface area contributed by atoms with E-state index >= 15 is 0 Å². The molecule has 2 rings (SSSR count). The predicted molar refractivity (Wildman–Crippen MR) is 96.0 cm³/mol. The molecule has 5 nitrogen and oxygen atoms in total. The van der Waals surface area contributed by atoms with Crippen molar-refractivity contribution in [3.63, 3.8) is 0 Å². The van der Waals surface area contributed by atoms with E-state index in [1.54, 1.807) is 19.2 Å². The molecule has 0 amide bonds. The molecule has 0 fully saturated rings. The van der Waals surface area contributed by atoms with Crippen LogP contribution in [0.2, 0.25) is 0 Å². The lowest BCUT2D eigenvalue weighted by Crippen LogP contribution is -2.36. The van der Waals surface area contributed by atoms with E-state index < -0.39 is 0 Å². The number of rotatable bonds is 5. The Morgan fingerprint density at radius 2 is 1.71 bits per heavy atom. The molecule has 0 bridgehead atoms. The van der Waals surface area contributed by atoms with Crippen LogP contribution in [0.25, 0.3) is 0 Å². The summed E-state index contributed by atoms with van der Waals surface area (Å²) in [6.07, 6.45) is 0. The molecule has 0 saturated heterocycles. The number of nitrogens with zero attached hydrogens (tertiary/aromatic N) is 1. The number of ether oxygens (including phenoxy) is 1. The van der Waals surface area contributed by atoms with Crippen molar-refractivity contribution in [1.82, 2.24) is 10.6 Å². The topological polar surface area (TPSA) is 62.7 Å². The summed E-state index contributed by atoms with van der Waals surface area (Å²) in [5, 5.41) is 6.54. The Bertz CT molecular complexity index is 709. The summed E-state index contributed by atoms with van der Waals surface area (Å²) in [7, 11) is 3.12. The van der Waals surface area contributed by atoms with Crippen LogP contribution in [0.15, 0.2) is 53.5 Å². The molecule has 126 valence electrons. The van der Waals surface area contributed by atoms with Gasteiger partial charge in [0, 0.05) is 20.1 Å². The third-order valence-electron chi connectivity index (χ3n) is 3.60. The zero-order valence-electron chi connectivity index (χ0n) is 14.3. The summed E-state index contributed by atoms with van der Waals surface area (Å²) in [4.78, 5) is 15.6. The minimum absolute atomic E-state index is 0.329. The molecular formula is C19H23N3O2. The fourth-order valence-electron chi connectivity index (χ4n) is 2.29. The molecule has 0 aliphatic rings. The highest BCUT2D eigenvalue weighted by Gasteiger charge is 2.05. The van der Waals surface area contributed by atoms with E-state index in [9.17, 15) is 4.79 Å². The summed E-state index contributed by atoms with van der Waals surface area (Å²) < 4.78 is 4.69. The van der Waals surface area contributed by atoms with Crippen LogP contribution in [-0.2, 0) is 17.8 Å². The molecule has 24 heavy (non-hydrogen) atoms. The van der Waals surface area contributed by atoms with Crippen molar-refractivity contribution in [2.24, 2.45) is 4.99 Å². The largest absolute Gasteiger partial charge is 0.465 e. The quantitative estimate of drug-likeness (QED) is 0.504. The third-order valence-corrected chi connectivity index (χ3v) is 3.60. The second-order valence-corrected chi connectivity index (χ2v) is 5.46. The summed E-state index contributed by atoms with van der Waals surface area (Å²) in [5.74, 6) is 0.402. The zero-order valence-corrected chi connectivity index (χ0v) is 14.3. The van der Waals surface area contributed by atoms with E-state index in [-0.39, 0.29) is 5.97 Å². The van der Waals surface area contributed by atoms with Gasteiger partial charge in [-0.2, -0.15) is 0 Å². The monoisotopic (exact) mass is 325 g/mol. The Labute approximate surface area is 142 Å². The molecule has 0 aromatic heterocycles. The van der Waals surface area contributed by atoms with E-state index in [0.29, 0.717) is 18.7 Å². The molecule has 0 heterocycles. The highest BCUT2D eigenvalue weighted by molar-refractivity contribution is 5.89. The first kappa shape index (κ1) is 17.5. The number of guanidine groups is 1. The van der Waals surface area contributed by atoms with Crippen molar-refractivity contribution in [3.05, 3.63) is 70.8 Å². The normalized spacial score (nSPS) is 11.0. The Morgan fingerprint density at radius 3 is 2.29 bits per heavy atom. The molecule has 0 aliphatic heterocycles. The van der Waals surface area contributed by atoms with Crippen LogP contribution in [0.3, 0.4) is 0 Å². The van der Waals surface area contributed by atoms with Gasteiger partial charge in [0.05, 0.1) is 12.7 Å². The summed E-state index contributed by atoms with van der Waals surface area (Å²) in [6.45, 7) is 3.41.